The first-order valence-corrected chi connectivity index (χ1v) is 8.48. The summed E-state index contributed by atoms with van der Waals surface area (Å²) in [7, 11) is 1.67. The van der Waals surface area contributed by atoms with Crippen molar-refractivity contribution in [3.8, 4) is 5.75 Å². The Morgan fingerprint density at radius 1 is 1.29 bits per heavy atom. The van der Waals surface area contributed by atoms with Gasteiger partial charge in [-0.3, -0.25) is 4.79 Å². The summed E-state index contributed by atoms with van der Waals surface area (Å²) >= 11 is 0. The third-order valence-electron chi connectivity index (χ3n) is 4.44. The first kappa shape index (κ1) is 16.4. The van der Waals surface area contributed by atoms with E-state index >= 15 is 0 Å². The van der Waals surface area contributed by atoms with Crippen LogP contribution in [0.5, 0.6) is 5.75 Å². The standard InChI is InChI=1S/C19H24N2O3/c1-3-16-7-8-18(24-16)19(22)21-11-9-14(10-12-21)20-15-5-4-6-17(13-15)23-2/h4-8,13-14,20H,3,9-12H2,1-2H3. The van der Waals surface area contributed by atoms with E-state index in [0.717, 1.165) is 49.5 Å². The largest absolute Gasteiger partial charge is 0.497 e. The molecule has 1 saturated heterocycles. The molecule has 5 heteroatoms. The number of carbonyl (C=O) groups is 1. The van der Waals surface area contributed by atoms with E-state index in [9.17, 15) is 4.79 Å². The number of hydrogen-bond acceptors (Lipinski definition) is 4. The molecule has 0 spiro atoms. The molecule has 1 N–H and O–H groups in total. The third kappa shape index (κ3) is 3.72. The van der Waals surface area contributed by atoms with Crippen LogP contribution in [0.3, 0.4) is 0 Å². The van der Waals surface area contributed by atoms with Gasteiger partial charge in [-0.15, -0.1) is 0 Å². The number of ether oxygens (including phenoxy) is 1. The Kier molecular flexibility index (Phi) is 5.08. The van der Waals surface area contributed by atoms with Crippen LogP contribution in [0.25, 0.3) is 0 Å². The quantitative estimate of drug-likeness (QED) is 0.912. The summed E-state index contributed by atoms with van der Waals surface area (Å²) in [5.41, 5.74) is 1.05. The molecule has 0 saturated carbocycles. The third-order valence-corrected chi connectivity index (χ3v) is 4.44. The molecule has 24 heavy (non-hydrogen) atoms. The molecule has 2 aromatic rings. The molecular formula is C19H24N2O3. The maximum Gasteiger partial charge on any atom is 0.289 e. The van der Waals surface area contributed by atoms with Crippen molar-refractivity contribution in [2.24, 2.45) is 0 Å². The van der Waals surface area contributed by atoms with Crippen molar-refractivity contribution in [2.75, 3.05) is 25.5 Å². The molecule has 0 atom stereocenters. The minimum atomic E-state index is -0.00506. The van der Waals surface area contributed by atoms with Gasteiger partial charge in [-0.2, -0.15) is 0 Å². The predicted molar refractivity (Wildman–Crippen MR) is 93.6 cm³/mol. The molecule has 1 amide bonds. The van der Waals surface area contributed by atoms with Crippen LogP contribution in [-0.2, 0) is 6.42 Å². The molecule has 1 fully saturated rings. The van der Waals surface area contributed by atoms with Crippen LogP contribution in [-0.4, -0.2) is 37.0 Å². The van der Waals surface area contributed by atoms with E-state index in [1.807, 2.05) is 42.2 Å². The van der Waals surface area contributed by atoms with E-state index in [2.05, 4.69) is 5.32 Å². The highest BCUT2D eigenvalue weighted by Crippen LogP contribution is 2.22. The van der Waals surface area contributed by atoms with Gasteiger partial charge in [0.05, 0.1) is 7.11 Å². The number of likely N-dealkylation sites (tertiary alicyclic amines) is 1. The van der Waals surface area contributed by atoms with E-state index < -0.39 is 0 Å². The fourth-order valence-corrected chi connectivity index (χ4v) is 3.01. The van der Waals surface area contributed by atoms with Crippen LogP contribution < -0.4 is 10.1 Å². The van der Waals surface area contributed by atoms with Gasteiger partial charge in [-0.05, 0) is 37.1 Å². The summed E-state index contributed by atoms with van der Waals surface area (Å²) in [4.78, 5) is 14.3. The van der Waals surface area contributed by atoms with Crippen LogP contribution in [0.2, 0.25) is 0 Å². The van der Waals surface area contributed by atoms with Gasteiger partial charge in [-0.25, -0.2) is 0 Å². The second kappa shape index (κ2) is 7.43. The molecule has 128 valence electrons. The summed E-state index contributed by atoms with van der Waals surface area (Å²) in [5.74, 6) is 2.14. The minimum Gasteiger partial charge on any atom is -0.497 e. The van der Waals surface area contributed by atoms with Gasteiger partial charge in [0, 0.05) is 37.3 Å². The Labute approximate surface area is 142 Å². The molecule has 0 radical (unpaired) electrons. The van der Waals surface area contributed by atoms with Gasteiger partial charge in [0.15, 0.2) is 5.76 Å². The zero-order chi connectivity index (χ0) is 16.9. The number of furan rings is 1. The summed E-state index contributed by atoms with van der Waals surface area (Å²) in [6, 6.07) is 12.0. The molecule has 5 nitrogen and oxygen atoms in total. The highest BCUT2D eigenvalue weighted by molar-refractivity contribution is 5.91. The van der Waals surface area contributed by atoms with Gasteiger partial charge in [0.1, 0.15) is 11.5 Å². The maximum absolute atomic E-state index is 12.5. The van der Waals surface area contributed by atoms with Gasteiger partial charge >= 0.3 is 0 Å². The second-order valence-electron chi connectivity index (χ2n) is 6.06. The van der Waals surface area contributed by atoms with Gasteiger partial charge < -0.3 is 19.4 Å². The first-order chi connectivity index (χ1) is 11.7. The Morgan fingerprint density at radius 2 is 2.08 bits per heavy atom. The Morgan fingerprint density at radius 3 is 2.75 bits per heavy atom. The summed E-state index contributed by atoms with van der Waals surface area (Å²) < 4.78 is 10.8. The van der Waals surface area contributed by atoms with Crippen molar-refractivity contribution < 1.29 is 13.9 Å². The van der Waals surface area contributed by atoms with Crippen molar-refractivity contribution in [3.63, 3.8) is 0 Å². The molecule has 1 aromatic carbocycles. The van der Waals surface area contributed by atoms with E-state index in [1.54, 1.807) is 13.2 Å². The lowest BCUT2D eigenvalue weighted by atomic mass is 10.0. The SMILES string of the molecule is CCc1ccc(C(=O)N2CCC(Nc3cccc(OC)c3)CC2)o1. The Hall–Kier alpha value is -2.43. The lowest BCUT2D eigenvalue weighted by molar-refractivity contribution is 0.0684. The second-order valence-corrected chi connectivity index (χ2v) is 6.06. The number of hydrogen-bond donors (Lipinski definition) is 1. The average Bonchev–Trinajstić information content (AvgIpc) is 3.11. The topological polar surface area (TPSA) is 54.7 Å². The van der Waals surface area contributed by atoms with Crippen LogP contribution in [0.15, 0.2) is 40.8 Å². The molecule has 1 aromatic heterocycles. The van der Waals surface area contributed by atoms with Gasteiger partial charge in [0.25, 0.3) is 5.91 Å². The van der Waals surface area contributed by atoms with Crippen molar-refractivity contribution >= 4 is 11.6 Å². The molecule has 1 aliphatic rings. The number of amides is 1. The van der Waals surface area contributed by atoms with E-state index in [1.165, 1.54) is 0 Å². The molecule has 2 heterocycles. The van der Waals surface area contributed by atoms with Gasteiger partial charge in [0.2, 0.25) is 0 Å². The van der Waals surface area contributed by atoms with Crippen molar-refractivity contribution in [1.29, 1.82) is 0 Å². The van der Waals surface area contributed by atoms with E-state index in [-0.39, 0.29) is 5.91 Å². The summed E-state index contributed by atoms with van der Waals surface area (Å²) in [6.07, 6.45) is 2.65. The zero-order valence-electron chi connectivity index (χ0n) is 14.2. The number of nitrogens with zero attached hydrogens (tertiary/aromatic N) is 1. The summed E-state index contributed by atoms with van der Waals surface area (Å²) in [5, 5.41) is 3.53. The molecule has 3 rings (SSSR count). The normalized spacial score (nSPS) is 15.3. The number of piperidine rings is 1. The Balaban J connectivity index is 1.54. The first-order valence-electron chi connectivity index (χ1n) is 8.48. The van der Waals surface area contributed by atoms with Crippen LogP contribution in [0.4, 0.5) is 5.69 Å². The molecule has 0 bridgehead atoms. The fraction of sp³-hybridized carbons (Fsp3) is 0.421. The number of nitrogens with one attached hydrogen (secondary N) is 1. The number of anilines is 1. The molecular weight excluding hydrogens is 304 g/mol. The smallest absolute Gasteiger partial charge is 0.289 e. The fourth-order valence-electron chi connectivity index (χ4n) is 3.01. The predicted octanol–water partition coefficient (Wildman–Crippen LogP) is 3.57. The minimum absolute atomic E-state index is 0.00506. The lowest BCUT2D eigenvalue weighted by Crippen LogP contribution is -2.42. The van der Waals surface area contributed by atoms with Crippen LogP contribution in [0.1, 0.15) is 36.1 Å². The number of rotatable bonds is 5. The van der Waals surface area contributed by atoms with Crippen molar-refractivity contribution in [2.45, 2.75) is 32.2 Å². The average molecular weight is 328 g/mol. The molecule has 0 aliphatic carbocycles. The number of methoxy groups -OCH3 is 1. The van der Waals surface area contributed by atoms with Crippen LogP contribution in [0, 0.1) is 0 Å². The van der Waals surface area contributed by atoms with E-state index in [0.29, 0.717) is 11.8 Å². The van der Waals surface area contributed by atoms with Gasteiger partial charge in [-0.1, -0.05) is 13.0 Å². The number of carbonyl (C=O) groups excluding carboxylic acids is 1. The number of aryl methyl sites for hydroxylation is 1. The highest BCUT2D eigenvalue weighted by Gasteiger charge is 2.25. The molecule has 0 unspecified atom stereocenters. The monoisotopic (exact) mass is 328 g/mol. The van der Waals surface area contributed by atoms with Crippen LogP contribution >= 0.6 is 0 Å². The van der Waals surface area contributed by atoms with E-state index in [4.69, 9.17) is 9.15 Å². The Bertz CT molecular complexity index is 687. The lowest BCUT2D eigenvalue weighted by Gasteiger charge is -2.32. The summed E-state index contributed by atoms with van der Waals surface area (Å²) in [6.45, 7) is 3.49. The molecule has 1 aliphatic heterocycles. The van der Waals surface area contributed by atoms with Crippen molar-refractivity contribution in [3.05, 3.63) is 47.9 Å². The van der Waals surface area contributed by atoms with Crippen molar-refractivity contribution in [1.82, 2.24) is 4.90 Å². The number of benzene rings is 1. The maximum atomic E-state index is 12.5. The highest BCUT2D eigenvalue weighted by atomic mass is 16.5. The zero-order valence-corrected chi connectivity index (χ0v) is 14.2.